The van der Waals surface area contributed by atoms with Gasteiger partial charge in [-0.25, -0.2) is 9.37 Å². The number of rotatable bonds is 4. The molecule has 0 atom stereocenters. The highest BCUT2D eigenvalue weighted by Crippen LogP contribution is 2.09. The lowest BCUT2D eigenvalue weighted by Crippen LogP contribution is -2.26. The summed E-state index contributed by atoms with van der Waals surface area (Å²) < 4.78 is 12.8. The largest absolute Gasteiger partial charge is 0.383 e. The third-order valence-electron chi connectivity index (χ3n) is 1.72. The Kier molecular flexibility index (Phi) is 4.36. The minimum absolute atomic E-state index is 0.0399. The van der Waals surface area contributed by atoms with E-state index >= 15 is 0 Å². The van der Waals surface area contributed by atoms with Crippen LogP contribution in [0, 0.1) is 5.82 Å². The standard InChI is InChI=1S/C9H12FN3OS/c1-15-3-2-12-9(14)7-4-6(10)5-13-8(7)11/h4-5H,2-3H2,1H3,(H2,11,13)(H,12,14). The lowest BCUT2D eigenvalue weighted by atomic mass is 10.2. The summed E-state index contributed by atoms with van der Waals surface area (Å²) in [5.41, 5.74) is 5.53. The van der Waals surface area contributed by atoms with Crippen molar-refractivity contribution in [2.45, 2.75) is 0 Å². The van der Waals surface area contributed by atoms with Gasteiger partial charge in [-0.2, -0.15) is 11.8 Å². The van der Waals surface area contributed by atoms with E-state index in [-0.39, 0.29) is 11.4 Å². The van der Waals surface area contributed by atoms with Gasteiger partial charge in [0.15, 0.2) is 0 Å². The van der Waals surface area contributed by atoms with Crippen LogP contribution in [0.1, 0.15) is 10.4 Å². The third kappa shape index (κ3) is 3.39. The van der Waals surface area contributed by atoms with Gasteiger partial charge in [-0.3, -0.25) is 4.79 Å². The van der Waals surface area contributed by atoms with Gasteiger partial charge in [-0.1, -0.05) is 0 Å². The van der Waals surface area contributed by atoms with Gasteiger partial charge in [0.2, 0.25) is 0 Å². The number of aromatic nitrogens is 1. The summed E-state index contributed by atoms with van der Waals surface area (Å²) in [6.07, 6.45) is 2.91. The van der Waals surface area contributed by atoms with Crippen LogP contribution in [0.2, 0.25) is 0 Å². The molecule has 4 nitrogen and oxygen atoms in total. The number of hydrogen-bond donors (Lipinski definition) is 2. The average molecular weight is 229 g/mol. The molecular formula is C9H12FN3OS. The Morgan fingerprint density at radius 1 is 1.73 bits per heavy atom. The van der Waals surface area contributed by atoms with Crippen molar-refractivity contribution in [1.82, 2.24) is 10.3 Å². The zero-order valence-electron chi connectivity index (χ0n) is 8.29. The number of nitrogen functional groups attached to an aromatic ring is 1. The van der Waals surface area contributed by atoms with E-state index < -0.39 is 11.7 Å². The number of anilines is 1. The molecule has 0 saturated carbocycles. The second-order valence-electron chi connectivity index (χ2n) is 2.84. The Bertz CT molecular complexity index is 359. The predicted octanol–water partition coefficient (Wildman–Crippen LogP) is 0.896. The molecule has 6 heteroatoms. The summed E-state index contributed by atoms with van der Waals surface area (Å²) >= 11 is 1.61. The Labute approximate surface area is 91.5 Å². The average Bonchev–Trinajstić information content (AvgIpc) is 2.22. The number of nitrogens with two attached hydrogens (primary N) is 1. The van der Waals surface area contributed by atoms with Gasteiger partial charge in [0.25, 0.3) is 5.91 Å². The summed E-state index contributed by atoms with van der Waals surface area (Å²) in [5, 5.41) is 2.62. The highest BCUT2D eigenvalue weighted by Gasteiger charge is 2.10. The van der Waals surface area contributed by atoms with E-state index in [0.29, 0.717) is 6.54 Å². The van der Waals surface area contributed by atoms with Crippen molar-refractivity contribution in [1.29, 1.82) is 0 Å². The Hall–Kier alpha value is -1.30. The number of carbonyl (C=O) groups is 1. The Morgan fingerprint density at radius 3 is 3.13 bits per heavy atom. The molecule has 1 heterocycles. The maximum absolute atomic E-state index is 12.8. The van der Waals surface area contributed by atoms with E-state index in [4.69, 9.17) is 5.73 Å². The molecule has 0 aliphatic heterocycles. The molecule has 0 saturated heterocycles. The molecule has 1 rings (SSSR count). The minimum atomic E-state index is -0.570. The molecule has 0 unspecified atom stereocenters. The van der Waals surface area contributed by atoms with Gasteiger partial charge in [0, 0.05) is 12.3 Å². The molecule has 0 aliphatic carbocycles. The first-order valence-corrected chi connectivity index (χ1v) is 5.72. The molecule has 0 aliphatic rings. The summed E-state index contributed by atoms with van der Waals surface area (Å²) in [6, 6.07) is 1.08. The number of nitrogens with zero attached hydrogens (tertiary/aromatic N) is 1. The molecule has 0 aromatic carbocycles. The van der Waals surface area contributed by atoms with Crippen molar-refractivity contribution in [2.75, 3.05) is 24.3 Å². The quantitative estimate of drug-likeness (QED) is 0.753. The highest BCUT2D eigenvalue weighted by atomic mass is 32.2. The normalized spacial score (nSPS) is 10.0. The SMILES string of the molecule is CSCCNC(=O)c1cc(F)cnc1N. The smallest absolute Gasteiger partial charge is 0.255 e. The van der Waals surface area contributed by atoms with Crippen molar-refractivity contribution in [3.05, 3.63) is 23.6 Å². The summed E-state index contributed by atoms with van der Waals surface area (Å²) in [6.45, 7) is 0.524. The topological polar surface area (TPSA) is 68.0 Å². The number of pyridine rings is 1. The molecule has 1 aromatic heterocycles. The maximum atomic E-state index is 12.8. The van der Waals surface area contributed by atoms with Crippen molar-refractivity contribution in [3.63, 3.8) is 0 Å². The number of amides is 1. The summed E-state index contributed by atoms with van der Waals surface area (Å²) in [5.74, 6) is -0.125. The number of hydrogen-bond acceptors (Lipinski definition) is 4. The van der Waals surface area contributed by atoms with Gasteiger partial charge in [-0.15, -0.1) is 0 Å². The Balaban J connectivity index is 2.68. The fraction of sp³-hybridized carbons (Fsp3) is 0.333. The maximum Gasteiger partial charge on any atom is 0.255 e. The molecular weight excluding hydrogens is 217 g/mol. The zero-order chi connectivity index (χ0) is 11.3. The summed E-state index contributed by atoms with van der Waals surface area (Å²) in [7, 11) is 0. The zero-order valence-corrected chi connectivity index (χ0v) is 9.10. The molecule has 82 valence electrons. The van der Waals surface area contributed by atoms with E-state index in [1.165, 1.54) is 0 Å². The second-order valence-corrected chi connectivity index (χ2v) is 3.82. The van der Waals surface area contributed by atoms with Crippen LogP contribution in [0.25, 0.3) is 0 Å². The van der Waals surface area contributed by atoms with E-state index in [0.717, 1.165) is 18.0 Å². The van der Waals surface area contributed by atoms with Gasteiger partial charge in [-0.05, 0) is 12.3 Å². The third-order valence-corrected chi connectivity index (χ3v) is 2.33. The molecule has 0 spiro atoms. The number of halogens is 1. The van der Waals surface area contributed by atoms with Crippen molar-refractivity contribution in [3.8, 4) is 0 Å². The monoisotopic (exact) mass is 229 g/mol. The van der Waals surface area contributed by atoms with Crippen LogP contribution >= 0.6 is 11.8 Å². The van der Waals surface area contributed by atoms with Crippen LogP contribution in [0.15, 0.2) is 12.3 Å². The van der Waals surface area contributed by atoms with Crippen LogP contribution in [-0.4, -0.2) is 29.4 Å². The van der Waals surface area contributed by atoms with Crippen molar-refractivity contribution < 1.29 is 9.18 Å². The predicted molar refractivity (Wildman–Crippen MR) is 59.3 cm³/mol. The lowest BCUT2D eigenvalue weighted by Gasteiger charge is -2.05. The second kappa shape index (κ2) is 5.55. The molecule has 1 aromatic rings. The van der Waals surface area contributed by atoms with Crippen LogP contribution < -0.4 is 11.1 Å². The van der Waals surface area contributed by atoms with Crippen LogP contribution in [-0.2, 0) is 0 Å². The molecule has 0 fully saturated rings. The first-order valence-electron chi connectivity index (χ1n) is 4.33. The molecule has 15 heavy (non-hydrogen) atoms. The number of carbonyl (C=O) groups excluding carboxylic acids is 1. The summed E-state index contributed by atoms with van der Waals surface area (Å²) in [4.78, 5) is 15.1. The van der Waals surface area contributed by atoms with E-state index in [1.807, 2.05) is 6.26 Å². The first kappa shape index (κ1) is 11.8. The van der Waals surface area contributed by atoms with E-state index in [9.17, 15) is 9.18 Å². The Morgan fingerprint density at radius 2 is 2.47 bits per heavy atom. The van der Waals surface area contributed by atoms with Gasteiger partial charge >= 0.3 is 0 Å². The van der Waals surface area contributed by atoms with Crippen molar-refractivity contribution >= 4 is 23.5 Å². The first-order chi connectivity index (χ1) is 7.15. The van der Waals surface area contributed by atoms with Crippen molar-refractivity contribution in [2.24, 2.45) is 0 Å². The van der Waals surface area contributed by atoms with Crippen LogP contribution in [0.5, 0.6) is 0 Å². The molecule has 0 bridgehead atoms. The van der Waals surface area contributed by atoms with E-state index in [2.05, 4.69) is 10.3 Å². The fourth-order valence-corrected chi connectivity index (χ4v) is 1.30. The van der Waals surface area contributed by atoms with Gasteiger partial charge in [0.1, 0.15) is 11.6 Å². The highest BCUT2D eigenvalue weighted by molar-refractivity contribution is 7.98. The van der Waals surface area contributed by atoms with Crippen LogP contribution in [0.4, 0.5) is 10.2 Å². The lowest BCUT2D eigenvalue weighted by molar-refractivity contribution is 0.0956. The minimum Gasteiger partial charge on any atom is -0.383 e. The fourth-order valence-electron chi connectivity index (χ4n) is 0.994. The van der Waals surface area contributed by atoms with E-state index in [1.54, 1.807) is 11.8 Å². The molecule has 1 amide bonds. The van der Waals surface area contributed by atoms with Gasteiger partial charge in [0.05, 0.1) is 11.8 Å². The number of thioether (sulfide) groups is 1. The van der Waals surface area contributed by atoms with Gasteiger partial charge < -0.3 is 11.1 Å². The molecule has 0 radical (unpaired) electrons. The number of nitrogens with one attached hydrogen (secondary N) is 1. The van der Waals surface area contributed by atoms with Crippen LogP contribution in [0.3, 0.4) is 0 Å². The molecule has 3 N–H and O–H groups in total.